The molecular formula is C12H12F2N2. The first-order valence-electron chi connectivity index (χ1n) is 5.31. The summed E-state index contributed by atoms with van der Waals surface area (Å²) in [6.45, 7) is 2.35. The molecule has 2 nitrogen and oxygen atoms in total. The monoisotopic (exact) mass is 222 g/mol. The molecule has 16 heavy (non-hydrogen) atoms. The van der Waals surface area contributed by atoms with Gasteiger partial charge in [-0.05, 0) is 32.0 Å². The first-order chi connectivity index (χ1) is 7.70. The average molecular weight is 222 g/mol. The standard InChI is InChI=1S/C12H12F2N2/c13-11-6-12(14)10(5-9(11)7-15)8-16-3-1-2-4-16/h5-6H,1-4,8H2. The molecule has 1 heterocycles. The lowest BCUT2D eigenvalue weighted by Gasteiger charge is -2.15. The molecule has 1 aliphatic heterocycles. The molecule has 0 unspecified atom stereocenters. The second-order valence-corrected chi connectivity index (χ2v) is 4.02. The van der Waals surface area contributed by atoms with Crippen molar-refractivity contribution in [2.24, 2.45) is 0 Å². The molecule has 84 valence electrons. The van der Waals surface area contributed by atoms with Crippen LogP contribution in [0.4, 0.5) is 8.78 Å². The summed E-state index contributed by atoms with van der Waals surface area (Å²) in [6, 6.07) is 3.83. The molecule has 1 aliphatic rings. The van der Waals surface area contributed by atoms with E-state index >= 15 is 0 Å². The zero-order chi connectivity index (χ0) is 11.5. The zero-order valence-corrected chi connectivity index (χ0v) is 8.84. The van der Waals surface area contributed by atoms with Crippen molar-refractivity contribution in [2.45, 2.75) is 19.4 Å². The summed E-state index contributed by atoms with van der Waals surface area (Å²) in [5.41, 5.74) is 0.315. The van der Waals surface area contributed by atoms with Gasteiger partial charge in [0.2, 0.25) is 0 Å². The highest BCUT2D eigenvalue weighted by Crippen LogP contribution is 2.18. The molecule has 4 heteroatoms. The van der Waals surface area contributed by atoms with Crippen LogP contribution >= 0.6 is 0 Å². The molecule has 1 fully saturated rings. The van der Waals surface area contributed by atoms with Crippen molar-refractivity contribution < 1.29 is 8.78 Å². The number of hydrogen-bond donors (Lipinski definition) is 0. The van der Waals surface area contributed by atoms with Crippen molar-refractivity contribution in [1.29, 1.82) is 5.26 Å². The van der Waals surface area contributed by atoms with Crippen LogP contribution in [-0.4, -0.2) is 18.0 Å². The molecule has 0 aromatic heterocycles. The van der Waals surface area contributed by atoms with Crippen LogP contribution in [0.25, 0.3) is 0 Å². The Morgan fingerprint density at radius 3 is 2.50 bits per heavy atom. The second kappa shape index (κ2) is 4.58. The molecular weight excluding hydrogens is 210 g/mol. The van der Waals surface area contributed by atoms with Gasteiger partial charge in [-0.15, -0.1) is 0 Å². The Balaban J connectivity index is 2.23. The molecule has 0 saturated carbocycles. The second-order valence-electron chi connectivity index (χ2n) is 4.02. The number of nitriles is 1. The Labute approximate surface area is 93.1 Å². The predicted octanol–water partition coefficient (Wildman–Crippen LogP) is 2.43. The Morgan fingerprint density at radius 1 is 1.19 bits per heavy atom. The Kier molecular flexibility index (Phi) is 3.16. The summed E-state index contributed by atoms with van der Waals surface area (Å²) >= 11 is 0. The Bertz CT molecular complexity index is 431. The van der Waals surface area contributed by atoms with E-state index in [4.69, 9.17) is 5.26 Å². The summed E-state index contributed by atoms with van der Waals surface area (Å²) in [6.07, 6.45) is 2.24. The Morgan fingerprint density at radius 2 is 1.88 bits per heavy atom. The molecule has 1 aromatic rings. The smallest absolute Gasteiger partial charge is 0.143 e. The van der Waals surface area contributed by atoms with E-state index in [9.17, 15) is 8.78 Å². The minimum absolute atomic E-state index is 0.0874. The van der Waals surface area contributed by atoms with Crippen molar-refractivity contribution in [3.63, 3.8) is 0 Å². The Hall–Kier alpha value is -1.47. The van der Waals surface area contributed by atoms with Crippen molar-refractivity contribution in [3.8, 4) is 6.07 Å². The topological polar surface area (TPSA) is 27.0 Å². The molecule has 0 aliphatic carbocycles. The van der Waals surface area contributed by atoms with E-state index in [1.54, 1.807) is 6.07 Å². The molecule has 0 N–H and O–H groups in total. The van der Waals surface area contributed by atoms with Crippen molar-refractivity contribution >= 4 is 0 Å². The third-order valence-electron chi connectivity index (χ3n) is 2.85. The fraction of sp³-hybridized carbons (Fsp3) is 0.417. The van der Waals surface area contributed by atoms with Crippen molar-refractivity contribution in [2.75, 3.05) is 13.1 Å². The lowest BCUT2D eigenvalue weighted by Crippen LogP contribution is -2.19. The maximum absolute atomic E-state index is 13.4. The maximum atomic E-state index is 13.4. The zero-order valence-electron chi connectivity index (χ0n) is 8.84. The SMILES string of the molecule is N#Cc1cc(CN2CCCC2)c(F)cc1F. The maximum Gasteiger partial charge on any atom is 0.143 e. The largest absolute Gasteiger partial charge is 0.299 e. The number of halogens is 2. The first-order valence-corrected chi connectivity index (χ1v) is 5.31. The van der Waals surface area contributed by atoms with Gasteiger partial charge in [0.1, 0.15) is 17.7 Å². The average Bonchev–Trinajstić information content (AvgIpc) is 2.75. The van der Waals surface area contributed by atoms with Crippen molar-refractivity contribution in [3.05, 3.63) is 34.9 Å². The minimum atomic E-state index is -0.787. The highest BCUT2D eigenvalue weighted by atomic mass is 19.1. The van der Waals surface area contributed by atoms with Crippen LogP contribution in [0.1, 0.15) is 24.0 Å². The minimum Gasteiger partial charge on any atom is -0.299 e. The molecule has 0 bridgehead atoms. The highest BCUT2D eigenvalue weighted by Gasteiger charge is 2.16. The summed E-state index contributed by atoms with van der Waals surface area (Å²) in [5.74, 6) is -1.35. The lowest BCUT2D eigenvalue weighted by atomic mass is 10.1. The van der Waals surface area contributed by atoms with Crippen LogP contribution in [0.3, 0.4) is 0 Å². The molecule has 1 aromatic carbocycles. The van der Waals surface area contributed by atoms with Crippen molar-refractivity contribution in [1.82, 2.24) is 4.90 Å². The quantitative estimate of drug-likeness (QED) is 0.768. The van der Waals surface area contributed by atoms with Gasteiger partial charge in [0.25, 0.3) is 0 Å². The van der Waals surface area contributed by atoms with E-state index in [2.05, 4.69) is 4.90 Å². The van der Waals surface area contributed by atoms with Gasteiger partial charge in [-0.1, -0.05) is 0 Å². The highest BCUT2D eigenvalue weighted by molar-refractivity contribution is 5.35. The first kappa shape index (κ1) is 11.0. The summed E-state index contributed by atoms with van der Waals surface area (Å²) in [5, 5.41) is 8.67. The van der Waals surface area contributed by atoms with Crippen LogP contribution in [0.5, 0.6) is 0 Å². The van der Waals surface area contributed by atoms with Gasteiger partial charge >= 0.3 is 0 Å². The van der Waals surface area contributed by atoms with Gasteiger partial charge in [-0.25, -0.2) is 8.78 Å². The van der Waals surface area contributed by atoms with Gasteiger partial charge in [0.15, 0.2) is 0 Å². The summed E-state index contributed by atoms with van der Waals surface area (Å²) in [4.78, 5) is 2.11. The predicted molar refractivity (Wildman–Crippen MR) is 55.6 cm³/mol. The van der Waals surface area contributed by atoms with Gasteiger partial charge in [0.05, 0.1) is 5.56 Å². The van der Waals surface area contributed by atoms with Crippen LogP contribution in [0.15, 0.2) is 12.1 Å². The lowest BCUT2D eigenvalue weighted by molar-refractivity contribution is 0.325. The van der Waals surface area contributed by atoms with Gasteiger partial charge in [0, 0.05) is 18.2 Å². The van der Waals surface area contributed by atoms with Gasteiger partial charge < -0.3 is 0 Å². The van der Waals surface area contributed by atoms with Gasteiger partial charge in [-0.3, -0.25) is 4.90 Å². The number of hydrogen-bond acceptors (Lipinski definition) is 2. The molecule has 0 amide bonds. The van der Waals surface area contributed by atoms with Crippen LogP contribution in [0, 0.1) is 23.0 Å². The van der Waals surface area contributed by atoms with Crippen LogP contribution < -0.4 is 0 Å². The fourth-order valence-electron chi connectivity index (χ4n) is 1.98. The number of rotatable bonds is 2. The van der Waals surface area contributed by atoms with E-state index < -0.39 is 11.6 Å². The fourth-order valence-corrected chi connectivity index (χ4v) is 1.98. The van der Waals surface area contributed by atoms with E-state index in [1.165, 1.54) is 6.07 Å². The van der Waals surface area contributed by atoms with Crippen LogP contribution in [-0.2, 0) is 6.54 Å². The van der Waals surface area contributed by atoms with Crippen LogP contribution in [0.2, 0.25) is 0 Å². The van der Waals surface area contributed by atoms with E-state index in [0.29, 0.717) is 12.1 Å². The van der Waals surface area contributed by atoms with E-state index in [0.717, 1.165) is 32.0 Å². The molecule has 0 radical (unpaired) electrons. The summed E-state index contributed by atoms with van der Waals surface area (Å²) in [7, 11) is 0. The number of benzene rings is 1. The molecule has 0 atom stereocenters. The van der Waals surface area contributed by atoms with E-state index in [-0.39, 0.29) is 5.56 Å². The van der Waals surface area contributed by atoms with Gasteiger partial charge in [-0.2, -0.15) is 5.26 Å². The normalized spacial score (nSPS) is 16.3. The van der Waals surface area contributed by atoms with E-state index in [1.807, 2.05) is 0 Å². The molecule has 1 saturated heterocycles. The molecule has 0 spiro atoms. The molecule has 2 rings (SSSR count). The number of nitrogens with zero attached hydrogens (tertiary/aromatic N) is 2. The third-order valence-corrected chi connectivity index (χ3v) is 2.85. The third kappa shape index (κ3) is 2.20. The summed E-state index contributed by atoms with van der Waals surface area (Å²) < 4.78 is 26.5. The number of likely N-dealkylation sites (tertiary alicyclic amines) is 1.